The second-order valence-corrected chi connectivity index (χ2v) is 7.15. The van der Waals surface area contributed by atoms with Gasteiger partial charge in [0.1, 0.15) is 17.3 Å². The molecule has 0 spiro atoms. The molecule has 0 bridgehead atoms. The van der Waals surface area contributed by atoms with Crippen LogP contribution in [-0.2, 0) is 4.57 Å². The Bertz CT molecular complexity index is 793. The first kappa shape index (κ1) is 19.2. The van der Waals surface area contributed by atoms with E-state index in [4.69, 9.17) is 9.79 Å². The van der Waals surface area contributed by atoms with Gasteiger partial charge in [-0.05, 0) is 30.0 Å². The maximum Gasteiger partial charge on any atom is 0.448 e. The molecule has 0 heterocycles. The van der Waals surface area contributed by atoms with Crippen molar-refractivity contribution in [3.63, 3.8) is 0 Å². The SMILES string of the molecule is CC(CC(O)C1=C(O)C=C(O)CC1=NP(=O)(O)O)c1cccc(O)c1. The van der Waals surface area contributed by atoms with E-state index in [-0.39, 0.29) is 41.6 Å². The lowest BCUT2D eigenvalue weighted by Gasteiger charge is -2.24. The lowest BCUT2D eigenvalue weighted by Crippen LogP contribution is -2.24. The van der Waals surface area contributed by atoms with Gasteiger partial charge in [-0.3, -0.25) is 0 Å². The van der Waals surface area contributed by atoms with E-state index >= 15 is 0 Å². The Hall–Kier alpha value is -2.12. The van der Waals surface area contributed by atoms with E-state index in [9.17, 15) is 25.0 Å². The normalized spacial score (nSPS) is 19.7. The van der Waals surface area contributed by atoms with E-state index in [0.29, 0.717) is 0 Å². The first-order chi connectivity index (χ1) is 11.6. The third kappa shape index (κ3) is 5.17. The van der Waals surface area contributed by atoms with Crippen molar-refractivity contribution in [1.82, 2.24) is 0 Å². The van der Waals surface area contributed by atoms with Crippen LogP contribution in [0.5, 0.6) is 5.75 Å². The number of aliphatic hydroxyl groups excluding tert-OH is 3. The molecule has 0 aromatic heterocycles. The van der Waals surface area contributed by atoms with Crippen LogP contribution in [0, 0.1) is 0 Å². The van der Waals surface area contributed by atoms with Gasteiger partial charge in [-0.1, -0.05) is 19.1 Å². The van der Waals surface area contributed by atoms with Gasteiger partial charge in [-0.15, -0.1) is 0 Å². The predicted octanol–water partition coefficient (Wildman–Crippen LogP) is 2.44. The number of phenolic OH excluding ortho intramolecular Hbond substituents is 1. The summed E-state index contributed by atoms with van der Waals surface area (Å²) in [5.41, 5.74) is 0.358. The number of benzene rings is 1. The minimum Gasteiger partial charge on any atom is -0.512 e. The summed E-state index contributed by atoms with van der Waals surface area (Å²) >= 11 is 0. The summed E-state index contributed by atoms with van der Waals surface area (Å²) in [5, 5.41) is 39.6. The summed E-state index contributed by atoms with van der Waals surface area (Å²) < 4.78 is 14.4. The van der Waals surface area contributed by atoms with Crippen molar-refractivity contribution in [3.8, 4) is 5.75 Å². The number of phenols is 1. The zero-order valence-corrected chi connectivity index (χ0v) is 14.3. The van der Waals surface area contributed by atoms with Crippen LogP contribution < -0.4 is 0 Å². The molecule has 2 rings (SSSR count). The highest BCUT2D eigenvalue weighted by molar-refractivity contribution is 7.50. The Kier molecular flexibility index (Phi) is 5.69. The van der Waals surface area contributed by atoms with Crippen LogP contribution in [0.3, 0.4) is 0 Å². The minimum atomic E-state index is -4.80. The van der Waals surface area contributed by atoms with Gasteiger partial charge in [0, 0.05) is 18.1 Å². The molecule has 25 heavy (non-hydrogen) atoms. The van der Waals surface area contributed by atoms with Crippen molar-refractivity contribution in [2.75, 3.05) is 0 Å². The highest BCUT2D eigenvalue weighted by Crippen LogP contribution is 2.40. The molecule has 9 heteroatoms. The fourth-order valence-electron chi connectivity index (χ4n) is 2.73. The number of rotatable bonds is 5. The molecule has 6 N–H and O–H groups in total. The molecule has 136 valence electrons. The molecular formula is C16H20NO7P. The molecule has 0 radical (unpaired) electrons. The van der Waals surface area contributed by atoms with Crippen LogP contribution in [-0.4, -0.2) is 42.0 Å². The number of hydrogen-bond acceptors (Lipinski definition) is 5. The second kappa shape index (κ2) is 7.41. The van der Waals surface area contributed by atoms with E-state index in [1.54, 1.807) is 25.1 Å². The first-order valence-corrected chi connectivity index (χ1v) is 9.08. The maximum atomic E-state index is 11.2. The van der Waals surface area contributed by atoms with Crippen molar-refractivity contribution in [3.05, 3.63) is 53.0 Å². The van der Waals surface area contributed by atoms with Gasteiger partial charge in [-0.2, -0.15) is 4.76 Å². The van der Waals surface area contributed by atoms with Crippen LogP contribution in [0.4, 0.5) is 0 Å². The van der Waals surface area contributed by atoms with Crippen molar-refractivity contribution in [2.45, 2.75) is 31.8 Å². The summed E-state index contributed by atoms with van der Waals surface area (Å²) in [7, 11) is -4.80. The molecule has 1 aliphatic rings. The highest BCUT2D eigenvalue weighted by Gasteiger charge is 2.29. The average molecular weight is 369 g/mol. The molecule has 0 aliphatic heterocycles. The van der Waals surface area contributed by atoms with Gasteiger partial charge in [0.25, 0.3) is 0 Å². The average Bonchev–Trinajstić information content (AvgIpc) is 2.44. The van der Waals surface area contributed by atoms with Crippen LogP contribution in [0.1, 0.15) is 31.2 Å². The van der Waals surface area contributed by atoms with Gasteiger partial charge in [-0.25, -0.2) is 4.57 Å². The van der Waals surface area contributed by atoms with Gasteiger partial charge < -0.3 is 30.2 Å². The second-order valence-electron chi connectivity index (χ2n) is 5.92. The minimum absolute atomic E-state index is 0.0789. The molecule has 0 fully saturated rings. The van der Waals surface area contributed by atoms with Crippen LogP contribution >= 0.6 is 7.75 Å². The Balaban J connectivity index is 2.31. The van der Waals surface area contributed by atoms with E-state index in [2.05, 4.69) is 4.76 Å². The lowest BCUT2D eigenvalue weighted by atomic mass is 9.87. The van der Waals surface area contributed by atoms with Crippen molar-refractivity contribution in [1.29, 1.82) is 0 Å². The highest BCUT2D eigenvalue weighted by atomic mass is 31.2. The van der Waals surface area contributed by atoms with Crippen molar-refractivity contribution >= 4 is 13.5 Å². The van der Waals surface area contributed by atoms with Gasteiger partial charge in [0.05, 0.1) is 11.8 Å². The Morgan fingerprint density at radius 2 is 1.92 bits per heavy atom. The molecule has 2 unspecified atom stereocenters. The fraction of sp³-hybridized carbons (Fsp3) is 0.312. The number of allylic oxidation sites excluding steroid dienone is 2. The molecule has 0 amide bonds. The van der Waals surface area contributed by atoms with Crippen molar-refractivity contribution in [2.24, 2.45) is 4.76 Å². The zero-order chi connectivity index (χ0) is 18.8. The smallest absolute Gasteiger partial charge is 0.448 e. The van der Waals surface area contributed by atoms with Crippen LogP contribution in [0.2, 0.25) is 0 Å². The van der Waals surface area contributed by atoms with Crippen LogP contribution in [0.15, 0.2) is 52.2 Å². The largest absolute Gasteiger partial charge is 0.512 e. The van der Waals surface area contributed by atoms with Gasteiger partial charge in [0.15, 0.2) is 0 Å². The Labute approximate surface area is 144 Å². The summed E-state index contributed by atoms with van der Waals surface area (Å²) in [6.45, 7) is 1.80. The zero-order valence-electron chi connectivity index (χ0n) is 13.4. The monoisotopic (exact) mass is 369 g/mol. The lowest BCUT2D eigenvalue weighted by molar-refractivity contribution is 0.191. The number of aliphatic hydroxyl groups is 3. The summed E-state index contributed by atoms with van der Waals surface area (Å²) in [4.78, 5) is 18.1. The number of aromatic hydroxyl groups is 1. The van der Waals surface area contributed by atoms with Crippen LogP contribution in [0.25, 0.3) is 0 Å². The predicted molar refractivity (Wildman–Crippen MR) is 91.6 cm³/mol. The van der Waals surface area contributed by atoms with Crippen molar-refractivity contribution < 1.29 is 34.8 Å². The quantitative estimate of drug-likeness (QED) is 0.436. The third-order valence-corrected chi connectivity index (χ3v) is 4.34. The molecule has 1 aromatic rings. The van der Waals surface area contributed by atoms with Gasteiger partial charge in [0.2, 0.25) is 0 Å². The standard InChI is InChI=1S/C16H20NO7P/c1-9(10-3-2-4-11(18)6-10)5-14(20)16-13(17-25(22,23)24)7-12(19)8-15(16)21/h2-4,6,8-9,14,18-21H,5,7H2,1H3,(H2,22,23,24). The molecule has 2 atom stereocenters. The summed E-state index contributed by atoms with van der Waals surface area (Å²) in [5.74, 6) is -0.957. The topological polar surface area (TPSA) is 151 Å². The Morgan fingerprint density at radius 3 is 2.52 bits per heavy atom. The summed E-state index contributed by atoms with van der Waals surface area (Å²) in [6.07, 6.45) is -0.456. The third-order valence-electron chi connectivity index (χ3n) is 3.84. The Morgan fingerprint density at radius 1 is 1.24 bits per heavy atom. The molecular weight excluding hydrogens is 349 g/mol. The molecule has 0 saturated heterocycles. The fourth-order valence-corrected chi connectivity index (χ4v) is 3.22. The van der Waals surface area contributed by atoms with E-state index in [0.717, 1.165) is 11.6 Å². The molecule has 8 nitrogen and oxygen atoms in total. The maximum absolute atomic E-state index is 11.2. The first-order valence-electron chi connectivity index (χ1n) is 7.51. The number of hydrogen-bond donors (Lipinski definition) is 6. The molecule has 1 aromatic carbocycles. The number of nitrogens with zero attached hydrogens (tertiary/aromatic N) is 1. The van der Waals surface area contributed by atoms with E-state index in [1.807, 2.05) is 0 Å². The molecule has 1 aliphatic carbocycles. The van der Waals surface area contributed by atoms with E-state index in [1.165, 1.54) is 6.07 Å². The van der Waals surface area contributed by atoms with E-state index < -0.39 is 19.6 Å². The summed E-state index contributed by atoms with van der Waals surface area (Å²) in [6, 6.07) is 6.48. The molecule has 0 saturated carbocycles. The van der Waals surface area contributed by atoms with Gasteiger partial charge >= 0.3 is 7.75 Å².